The van der Waals surface area contributed by atoms with Gasteiger partial charge in [-0.1, -0.05) is 35.9 Å². The first-order valence-corrected chi connectivity index (χ1v) is 13.7. The summed E-state index contributed by atoms with van der Waals surface area (Å²) < 4.78 is 31.8. The summed E-state index contributed by atoms with van der Waals surface area (Å²) in [6.07, 6.45) is -0.00212. The first-order valence-electron chi connectivity index (χ1n) is 11.8. The molecule has 3 N–H and O–H groups in total. The van der Waals surface area contributed by atoms with Crippen molar-refractivity contribution in [1.82, 2.24) is 5.32 Å². The van der Waals surface area contributed by atoms with Crippen LogP contribution in [0.15, 0.2) is 107 Å². The molecule has 0 bridgehead atoms. The van der Waals surface area contributed by atoms with Crippen LogP contribution in [0.5, 0.6) is 11.5 Å². The van der Waals surface area contributed by atoms with E-state index in [1.165, 1.54) is 36.4 Å². The number of hydrogen-bond donors (Lipinski definition) is 3. The Morgan fingerprint density at radius 2 is 1.46 bits per heavy atom. The second kappa shape index (κ2) is 14.1. The second-order valence-electron chi connectivity index (χ2n) is 8.58. The standard InChI is InChI=1S/C29H26ClNO6S.Na.H/c30-23-3-1-2-22(18-23)28(32)19-31-17-16-20-4-12-26(13-5-20)38(35,36)27-14-10-25(11-15-27)37-24-8-6-21(7-9-24)29(33)34;;/h1-15,18,28,31-32H,16-17,19H2,(H,33,34);;/q;+1;-1/t28-;;/m1../s1. The van der Waals surface area contributed by atoms with Crippen molar-refractivity contribution >= 4 is 27.4 Å². The number of nitrogens with one attached hydrogen (secondary N) is 1. The molecule has 1 atom stereocenters. The van der Waals surface area contributed by atoms with Gasteiger partial charge in [-0.05, 0) is 96.9 Å². The first-order chi connectivity index (χ1) is 18.2. The van der Waals surface area contributed by atoms with Gasteiger partial charge in [0.15, 0.2) is 0 Å². The summed E-state index contributed by atoms with van der Waals surface area (Å²) in [5.41, 5.74) is 1.86. The van der Waals surface area contributed by atoms with Crippen LogP contribution >= 0.6 is 11.6 Å². The molecule has 4 aromatic rings. The third-order valence-corrected chi connectivity index (χ3v) is 7.89. The van der Waals surface area contributed by atoms with Crippen LogP contribution in [-0.2, 0) is 16.3 Å². The average Bonchev–Trinajstić information content (AvgIpc) is 2.92. The molecule has 39 heavy (non-hydrogen) atoms. The number of halogens is 1. The molecule has 4 aromatic carbocycles. The number of aliphatic hydroxyl groups excluding tert-OH is 1. The largest absolute Gasteiger partial charge is 1.00 e. The summed E-state index contributed by atoms with van der Waals surface area (Å²) in [7, 11) is -3.71. The molecule has 0 aliphatic heterocycles. The van der Waals surface area contributed by atoms with Crippen LogP contribution in [0.1, 0.15) is 29.0 Å². The molecular formula is C29H27ClNNaO6S. The number of rotatable bonds is 11. The molecule has 4 rings (SSSR count). The Bertz CT molecular complexity index is 1500. The van der Waals surface area contributed by atoms with E-state index in [0.717, 1.165) is 11.1 Å². The molecule has 10 heteroatoms. The Labute approximate surface area is 256 Å². The number of carboxylic acid groups (broad SMARTS) is 1. The van der Waals surface area contributed by atoms with E-state index in [2.05, 4.69) is 5.32 Å². The van der Waals surface area contributed by atoms with E-state index in [4.69, 9.17) is 21.4 Å². The number of benzene rings is 4. The number of sulfone groups is 1. The van der Waals surface area contributed by atoms with Crippen molar-refractivity contribution in [2.24, 2.45) is 0 Å². The minimum Gasteiger partial charge on any atom is -1.00 e. The van der Waals surface area contributed by atoms with Crippen molar-refractivity contribution in [3.63, 3.8) is 0 Å². The minimum atomic E-state index is -3.71. The van der Waals surface area contributed by atoms with E-state index in [-0.39, 0.29) is 46.3 Å². The smallest absolute Gasteiger partial charge is 1.00 e. The number of hydrogen-bond acceptors (Lipinski definition) is 6. The van der Waals surface area contributed by atoms with Crippen molar-refractivity contribution in [2.75, 3.05) is 13.1 Å². The van der Waals surface area contributed by atoms with Crippen LogP contribution in [-0.4, -0.2) is 37.7 Å². The average molecular weight is 576 g/mol. The van der Waals surface area contributed by atoms with Crippen molar-refractivity contribution in [1.29, 1.82) is 0 Å². The molecule has 0 aliphatic carbocycles. The maximum atomic E-state index is 13.1. The molecule has 0 amide bonds. The van der Waals surface area contributed by atoms with Crippen LogP contribution in [0.2, 0.25) is 5.02 Å². The number of carbonyl (C=O) groups is 1. The van der Waals surface area contributed by atoms with Gasteiger partial charge in [0.2, 0.25) is 9.84 Å². The molecule has 0 fully saturated rings. The fraction of sp³-hybridized carbons (Fsp3) is 0.138. The quantitative estimate of drug-likeness (QED) is 0.186. The zero-order valence-corrected chi connectivity index (χ0v) is 24.8. The second-order valence-corrected chi connectivity index (χ2v) is 11.0. The van der Waals surface area contributed by atoms with Crippen LogP contribution < -0.4 is 39.6 Å². The molecule has 0 saturated carbocycles. The summed E-state index contributed by atoms with van der Waals surface area (Å²) >= 11 is 5.97. The van der Waals surface area contributed by atoms with E-state index in [9.17, 15) is 18.3 Å². The van der Waals surface area contributed by atoms with Crippen LogP contribution in [0.3, 0.4) is 0 Å². The summed E-state index contributed by atoms with van der Waals surface area (Å²) in [4.78, 5) is 11.3. The molecule has 0 radical (unpaired) electrons. The summed E-state index contributed by atoms with van der Waals surface area (Å²) in [6.45, 7) is 0.990. The van der Waals surface area contributed by atoms with Gasteiger partial charge < -0.3 is 21.7 Å². The van der Waals surface area contributed by atoms with Gasteiger partial charge in [-0.2, -0.15) is 0 Å². The van der Waals surface area contributed by atoms with Gasteiger partial charge in [0.05, 0.1) is 21.5 Å². The Morgan fingerprint density at radius 3 is 2.03 bits per heavy atom. The predicted octanol–water partition coefficient (Wildman–Crippen LogP) is 2.65. The van der Waals surface area contributed by atoms with Crippen LogP contribution in [0, 0.1) is 0 Å². The normalized spacial score (nSPS) is 11.8. The molecule has 198 valence electrons. The fourth-order valence-corrected chi connectivity index (χ4v) is 5.22. The van der Waals surface area contributed by atoms with Gasteiger partial charge >= 0.3 is 35.5 Å². The van der Waals surface area contributed by atoms with Crippen molar-refractivity contribution < 1.29 is 59.1 Å². The topological polar surface area (TPSA) is 113 Å². The zero-order valence-electron chi connectivity index (χ0n) is 22.2. The SMILES string of the molecule is O=C(O)c1ccc(Oc2ccc(S(=O)(=O)c3ccc(CCNC[C@@H](O)c4cccc(Cl)c4)cc3)cc2)cc1.[H-].[Na+]. The van der Waals surface area contributed by atoms with Crippen LogP contribution in [0.4, 0.5) is 0 Å². The Hall–Kier alpha value is -2.69. The number of aliphatic hydroxyl groups is 1. The van der Waals surface area contributed by atoms with Crippen molar-refractivity contribution in [3.05, 3.63) is 119 Å². The van der Waals surface area contributed by atoms with E-state index in [1.54, 1.807) is 54.6 Å². The molecular weight excluding hydrogens is 549 g/mol. The molecule has 0 unspecified atom stereocenters. The molecule has 0 spiro atoms. The van der Waals surface area contributed by atoms with Gasteiger partial charge in [0.1, 0.15) is 11.5 Å². The third kappa shape index (κ3) is 8.40. The van der Waals surface area contributed by atoms with Crippen molar-refractivity contribution in [3.8, 4) is 11.5 Å². The number of carboxylic acids is 1. The van der Waals surface area contributed by atoms with Gasteiger partial charge in [-0.3, -0.25) is 0 Å². The van der Waals surface area contributed by atoms with E-state index in [1.807, 2.05) is 6.07 Å². The van der Waals surface area contributed by atoms with E-state index < -0.39 is 21.9 Å². The maximum Gasteiger partial charge on any atom is 1.00 e. The minimum absolute atomic E-state index is 0. The van der Waals surface area contributed by atoms with Gasteiger partial charge in [0.25, 0.3) is 0 Å². The van der Waals surface area contributed by atoms with E-state index >= 15 is 0 Å². The third-order valence-electron chi connectivity index (χ3n) is 5.87. The fourth-order valence-electron chi connectivity index (χ4n) is 3.76. The Balaban J connectivity index is 0.00000280. The molecule has 0 aliphatic rings. The predicted molar refractivity (Wildman–Crippen MR) is 146 cm³/mol. The Kier molecular flexibility index (Phi) is 11.1. The summed E-state index contributed by atoms with van der Waals surface area (Å²) in [5.74, 6) is -0.161. The number of ether oxygens (including phenoxy) is 1. The summed E-state index contributed by atoms with van der Waals surface area (Å²) in [6, 6.07) is 25.8. The monoisotopic (exact) mass is 575 g/mol. The van der Waals surface area contributed by atoms with Crippen molar-refractivity contribution in [2.45, 2.75) is 22.3 Å². The van der Waals surface area contributed by atoms with Gasteiger partial charge in [-0.25, -0.2) is 13.2 Å². The van der Waals surface area contributed by atoms with E-state index in [0.29, 0.717) is 36.0 Å². The first kappa shape index (κ1) is 30.8. The molecule has 7 nitrogen and oxygen atoms in total. The van der Waals surface area contributed by atoms with Crippen LogP contribution in [0.25, 0.3) is 0 Å². The summed E-state index contributed by atoms with van der Waals surface area (Å²) in [5, 5.41) is 23.0. The molecule has 0 saturated heterocycles. The van der Waals surface area contributed by atoms with Gasteiger partial charge in [-0.15, -0.1) is 0 Å². The van der Waals surface area contributed by atoms with Gasteiger partial charge in [0, 0.05) is 11.6 Å². The molecule has 0 aromatic heterocycles. The maximum absolute atomic E-state index is 13.1. The number of aromatic carboxylic acids is 1. The zero-order chi connectivity index (χ0) is 27.1. The molecule has 0 heterocycles. The Morgan fingerprint density at radius 1 is 0.897 bits per heavy atom.